The number of hydrazone groups is 1. The van der Waals surface area contributed by atoms with Crippen molar-refractivity contribution in [3.05, 3.63) is 41.1 Å². The van der Waals surface area contributed by atoms with Crippen molar-refractivity contribution in [3.63, 3.8) is 0 Å². The topological polar surface area (TPSA) is 68.2 Å². The van der Waals surface area contributed by atoms with Crippen molar-refractivity contribution in [2.75, 3.05) is 26.0 Å². The lowest BCUT2D eigenvalue weighted by Crippen LogP contribution is -2.34. The number of aliphatic hydroxyl groups excluding tert-OH is 1. The van der Waals surface area contributed by atoms with Gasteiger partial charge in [0.1, 0.15) is 0 Å². The van der Waals surface area contributed by atoms with Gasteiger partial charge in [0, 0.05) is 25.7 Å². The Balaban J connectivity index is 1.77. The molecule has 1 aromatic carbocycles. The number of nitrogens with zero attached hydrogens (tertiary/aromatic N) is 3. The van der Waals surface area contributed by atoms with Crippen LogP contribution in [0.4, 0.5) is 10.5 Å². The summed E-state index contributed by atoms with van der Waals surface area (Å²) >= 11 is 0. The highest BCUT2D eigenvalue weighted by molar-refractivity contribution is 6.05. The summed E-state index contributed by atoms with van der Waals surface area (Å²) in [5, 5.41) is 19.7. The van der Waals surface area contributed by atoms with E-state index in [1.54, 1.807) is 9.91 Å². The summed E-state index contributed by atoms with van der Waals surface area (Å²) in [5.74, 6) is 0.230. The molecule has 6 nitrogen and oxygen atoms in total. The largest absolute Gasteiger partial charge is 0.393 e. The lowest BCUT2D eigenvalue weighted by molar-refractivity contribution is 0.145. The number of urea groups is 1. The maximum Gasteiger partial charge on any atom is 0.345 e. The number of amides is 2. The predicted molar refractivity (Wildman–Crippen MR) is 102 cm³/mol. The molecule has 0 bridgehead atoms. The molecule has 6 heteroatoms. The van der Waals surface area contributed by atoms with Crippen LogP contribution in [0.5, 0.6) is 0 Å². The molecule has 0 radical (unpaired) electrons. The van der Waals surface area contributed by atoms with Crippen LogP contribution in [0.25, 0.3) is 0 Å². The van der Waals surface area contributed by atoms with Gasteiger partial charge in [-0.3, -0.25) is 0 Å². The molecule has 0 aromatic heterocycles. The van der Waals surface area contributed by atoms with Gasteiger partial charge < -0.3 is 15.3 Å². The Kier molecular flexibility index (Phi) is 4.44. The van der Waals surface area contributed by atoms with Crippen LogP contribution in [0.1, 0.15) is 37.7 Å². The van der Waals surface area contributed by atoms with Crippen LogP contribution in [-0.4, -0.2) is 53.5 Å². The van der Waals surface area contributed by atoms with E-state index in [-0.39, 0.29) is 18.1 Å². The zero-order valence-electron chi connectivity index (χ0n) is 15.4. The molecule has 1 saturated heterocycles. The molecule has 1 aliphatic carbocycles. The predicted octanol–water partition coefficient (Wildman–Crippen LogP) is 3.01. The summed E-state index contributed by atoms with van der Waals surface area (Å²) in [6, 6.07) is 8.16. The zero-order valence-corrected chi connectivity index (χ0v) is 15.4. The fourth-order valence-electron chi connectivity index (χ4n) is 4.24. The maximum absolute atomic E-state index is 12.6. The summed E-state index contributed by atoms with van der Waals surface area (Å²) in [6.45, 7) is 0.607. The smallest absolute Gasteiger partial charge is 0.345 e. The number of nitrogens with one attached hydrogen (secondary N) is 1. The van der Waals surface area contributed by atoms with E-state index in [9.17, 15) is 9.90 Å². The fourth-order valence-corrected chi connectivity index (χ4v) is 4.24. The second kappa shape index (κ2) is 6.76. The molecule has 2 N–H and O–H groups in total. The van der Waals surface area contributed by atoms with E-state index in [0.29, 0.717) is 6.54 Å². The third kappa shape index (κ3) is 2.88. The highest BCUT2D eigenvalue weighted by atomic mass is 16.3. The summed E-state index contributed by atoms with van der Waals surface area (Å²) in [4.78, 5) is 14.3. The molecule has 1 aromatic rings. The minimum Gasteiger partial charge on any atom is -0.393 e. The van der Waals surface area contributed by atoms with E-state index < -0.39 is 0 Å². The second-order valence-corrected chi connectivity index (χ2v) is 7.41. The summed E-state index contributed by atoms with van der Waals surface area (Å²) < 4.78 is 0. The zero-order chi connectivity index (χ0) is 18.3. The molecule has 26 heavy (non-hydrogen) atoms. The Morgan fingerprint density at radius 3 is 2.69 bits per heavy atom. The van der Waals surface area contributed by atoms with Crippen molar-refractivity contribution >= 4 is 17.4 Å². The van der Waals surface area contributed by atoms with E-state index in [4.69, 9.17) is 5.10 Å². The van der Waals surface area contributed by atoms with Crippen molar-refractivity contribution in [2.45, 2.75) is 38.2 Å². The SMILES string of the molecule is CNc1ccc(C2=NN3C(=O)N(C)CC3=C3CCC(O)CCCC23)cc1. The van der Waals surface area contributed by atoms with Gasteiger partial charge in [-0.05, 0) is 55.4 Å². The van der Waals surface area contributed by atoms with Crippen molar-refractivity contribution in [2.24, 2.45) is 11.0 Å². The van der Waals surface area contributed by atoms with Crippen LogP contribution >= 0.6 is 0 Å². The number of likely N-dealkylation sites (N-methyl/N-ethyl adjacent to an activating group) is 1. The maximum atomic E-state index is 12.6. The molecule has 2 heterocycles. The van der Waals surface area contributed by atoms with Gasteiger partial charge in [-0.15, -0.1) is 0 Å². The number of rotatable bonds is 2. The molecule has 3 aliphatic rings. The van der Waals surface area contributed by atoms with Crippen LogP contribution in [0, 0.1) is 5.92 Å². The van der Waals surface area contributed by atoms with Crippen LogP contribution < -0.4 is 5.32 Å². The van der Waals surface area contributed by atoms with Gasteiger partial charge in [0.2, 0.25) is 0 Å². The van der Waals surface area contributed by atoms with Gasteiger partial charge in [-0.2, -0.15) is 10.1 Å². The molecule has 0 spiro atoms. The number of fused-ring (bicyclic) bond motifs is 2. The lowest BCUT2D eigenvalue weighted by Gasteiger charge is -2.33. The Morgan fingerprint density at radius 2 is 1.96 bits per heavy atom. The molecule has 2 atom stereocenters. The highest BCUT2D eigenvalue weighted by Gasteiger charge is 2.40. The fraction of sp³-hybridized carbons (Fsp3) is 0.500. The molecule has 4 rings (SSSR count). The second-order valence-electron chi connectivity index (χ2n) is 7.41. The normalized spacial score (nSPS) is 26.1. The van der Waals surface area contributed by atoms with Gasteiger partial charge in [0.05, 0.1) is 24.1 Å². The Hall–Kier alpha value is -2.34. The number of carbonyl (C=O) groups excluding carboxylic acids is 1. The molecule has 2 unspecified atom stereocenters. The summed E-state index contributed by atoms with van der Waals surface area (Å²) in [6.07, 6.45) is 4.12. The van der Waals surface area contributed by atoms with Gasteiger partial charge in [-0.1, -0.05) is 12.1 Å². The first-order valence-electron chi connectivity index (χ1n) is 9.40. The van der Waals surface area contributed by atoms with Crippen molar-refractivity contribution in [1.29, 1.82) is 0 Å². The van der Waals surface area contributed by atoms with Crippen molar-refractivity contribution in [1.82, 2.24) is 9.91 Å². The standard InChI is InChI=1S/C20H26N4O2/c1-21-14-8-6-13(7-9-14)19-17-5-3-4-15(25)10-11-16(17)18-12-23(2)20(26)24(18)22-19/h6-9,15,17,21,25H,3-5,10-12H2,1-2H3. The highest BCUT2D eigenvalue weighted by Crippen LogP contribution is 2.39. The van der Waals surface area contributed by atoms with Gasteiger partial charge in [-0.25, -0.2) is 4.79 Å². The number of carbonyl (C=O) groups is 1. The average molecular weight is 354 g/mol. The molecule has 2 aliphatic heterocycles. The molecule has 2 fully saturated rings. The van der Waals surface area contributed by atoms with Crippen LogP contribution in [0.2, 0.25) is 0 Å². The number of hydrogen-bond acceptors (Lipinski definition) is 4. The first-order valence-corrected chi connectivity index (χ1v) is 9.40. The summed E-state index contributed by atoms with van der Waals surface area (Å²) in [5.41, 5.74) is 5.40. The number of anilines is 1. The Labute approximate surface area is 154 Å². The minimum atomic E-state index is -0.246. The number of allylic oxidation sites excluding steroid dienone is 1. The van der Waals surface area contributed by atoms with E-state index >= 15 is 0 Å². The first kappa shape index (κ1) is 17.1. The number of aliphatic hydroxyl groups is 1. The molecule has 1 saturated carbocycles. The molecular formula is C20H26N4O2. The number of benzene rings is 1. The quantitative estimate of drug-likeness (QED) is 0.858. The Bertz CT molecular complexity index is 769. The van der Waals surface area contributed by atoms with E-state index in [0.717, 1.165) is 54.8 Å². The van der Waals surface area contributed by atoms with Crippen molar-refractivity contribution < 1.29 is 9.90 Å². The third-order valence-corrected chi connectivity index (χ3v) is 5.73. The third-order valence-electron chi connectivity index (χ3n) is 5.73. The monoisotopic (exact) mass is 354 g/mol. The van der Waals surface area contributed by atoms with E-state index in [2.05, 4.69) is 17.4 Å². The van der Waals surface area contributed by atoms with E-state index in [1.165, 1.54) is 5.57 Å². The molecule has 138 valence electrons. The van der Waals surface area contributed by atoms with Crippen LogP contribution in [0.3, 0.4) is 0 Å². The number of hydrogen-bond donors (Lipinski definition) is 2. The van der Waals surface area contributed by atoms with Crippen molar-refractivity contribution in [3.8, 4) is 0 Å². The van der Waals surface area contributed by atoms with Crippen LogP contribution in [0.15, 0.2) is 40.6 Å². The van der Waals surface area contributed by atoms with Gasteiger partial charge in [0.15, 0.2) is 0 Å². The summed E-state index contributed by atoms with van der Waals surface area (Å²) in [7, 11) is 3.72. The Morgan fingerprint density at radius 1 is 1.19 bits per heavy atom. The first-order chi connectivity index (χ1) is 12.6. The van der Waals surface area contributed by atoms with Gasteiger partial charge >= 0.3 is 6.03 Å². The van der Waals surface area contributed by atoms with Gasteiger partial charge in [0.25, 0.3) is 0 Å². The molecule has 2 amide bonds. The minimum absolute atomic E-state index is 0.0714. The lowest BCUT2D eigenvalue weighted by atomic mass is 9.79. The molecular weight excluding hydrogens is 328 g/mol. The van der Waals surface area contributed by atoms with E-state index in [1.807, 2.05) is 26.2 Å². The van der Waals surface area contributed by atoms with Crippen LogP contribution in [-0.2, 0) is 0 Å². The average Bonchev–Trinajstić information content (AvgIpc) is 2.92.